The van der Waals surface area contributed by atoms with Crippen LogP contribution in [0.3, 0.4) is 0 Å². The number of imidazole rings is 1. The van der Waals surface area contributed by atoms with Crippen LogP contribution >= 0.6 is 0 Å². The van der Waals surface area contributed by atoms with Crippen LogP contribution in [0, 0.1) is 5.92 Å². The molecule has 0 fully saturated rings. The van der Waals surface area contributed by atoms with Gasteiger partial charge in [-0.2, -0.15) is 0 Å². The van der Waals surface area contributed by atoms with Gasteiger partial charge in [0.15, 0.2) is 0 Å². The molecule has 1 unspecified atom stereocenters. The Hall–Kier alpha value is -0.870. The van der Waals surface area contributed by atoms with Crippen molar-refractivity contribution in [3.63, 3.8) is 0 Å². The van der Waals surface area contributed by atoms with Gasteiger partial charge in [-0.25, -0.2) is 4.98 Å². The lowest BCUT2D eigenvalue weighted by molar-refractivity contribution is 0.197. The van der Waals surface area contributed by atoms with Gasteiger partial charge in [0.25, 0.3) is 0 Å². The number of hydrogen-bond acceptors (Lipinski definition) is 3. The van der Waals surface area contributed by atoms with Crippen molar-refractivity contribution in [2.24, 2.45) is 13.0 Å². The van der Waals surface area contributed by atoms with Crippen molar-refractivity contribution in [1.82, 2.24) is 14.9 Å². The van der Waals surface area contributed by atoms with Gasteiger partial charge in [0.05, 0.1) is 6.61 Å². The van der Waals surface area contributed by atoms with E-state index < -0.39 is 0 Å². The van der Waals surface area contributed by atoms with Gasteiger partial charge in [0, 0.05) is 39.5 Å². The minimum atomic E-state index is 0.726. The fourth-order valence-corrected chi connectivity index (χ4v) is 1.90. The number of rotatable bonds is 9. The number of nitrogens with one attached hydrogen (secondary N) is 1. The average Bonchev–Trinajstić information content (AvgIpc) is 2.74. The van der Waals surface area contributed by atoms with Crippen molar-refractivity contribution in [3.8, 4) is 0 Å². The van der Waals surface area contributed by atoms with Gasteiger partial charge >= 0.3 is 0 Å². The van der Waals surface area contributed by atoms with Crippen molar-refractivity contribution >= 4 is 0 Å². The van der Waals surface area contributed by atoms with Crippen LogP contribution in [0.1, 0.15) is 25.6 Å². The third-order valence-electron chi connectivity index (χ3n) is 3.19. The molecule has 0 bridgehead atoms. The maximum atomic E-state index is 5.02. The summed E-state index contributed by atoms with van der Waals surface area (Å²) in [5.74, 6) is 1.91. The van der Waals surface area contributed by atoms with Crippen LogP contribution in [-0.2, 0) is 18.2 Å². The van der Waals surface area contributed by atoms with E-state index in [1.165, 1.54) is 18.7 Å². The van der Waals surface area contributed by atoms with Gasteiger partial charge in [-0.05, 0) is 18.9 Å². The van der Waals surface area contributed by atoms with Gasteiger partial charge in [-0.1, -0.05) is 13.3 Å². The topological polar surface area (TPSA) is 39.1 Å². The molecule has 0 aromatic carbocycles. The predicted molar refractivity (Wildman–Crippen MR) is 70.1 cm³/mol. The minimum Gasteiger partial charge on any atom is -0.383 e. The second-order valence-corrected chi connectivity index (χ2v) is 4.46. The Labute approximate surface area is 104 Å². The van der Waals surface area contributed by atoms with E-state index in [0.29, 0.717) is 0 Å². The summed E-state index contributed by atoms with van der Waals surface area (Å²) >= 11 is 0. The molecule has 0 spiro atoms. The van der Waals surface area contributed by atoms with E-state index >= 15 is 0 Å². The lowest BCUT2D eigenvalue weighted by atomic mass is 10.00. The number of ether oxygens (including phenoxy) is 1. The van der Waals surface area contributed by atoms with Crippen molar-refractivity contribution < 1.29 is 4.74 Å². The molecule has 4 nitrogen and oxygen atoms in total. The van der Waals surface area contributed by atoms with Crippen LogP contribution in [-0.4, -0.2) is 36.4 Å². The molecule has 1 aromatic rings. The van der Waals surface area contributed by atoms with E-state index in [4.69, 9.17) is 4.74 Å². The second kappa shape index (κ2) is 8.25. The first-order valence-corrected chi connectivity index (χ1v) is 6.43. The van der Waals surface area contributed by atoms with Crippen LogP contribution in [0.4, 0.5) is 0 Å². The van der Waals surface area contributed by atoms with Crippen molar-refractivity contribution in [1.29, 1.82) is 0 Å². The Kier molecular flexibility index (Phi) is 6.89. The van der Waals surface area contributed by atoms with Gasteiger partial charge in [0.1, 0.15) is 5.82 Å². The first-order chi connectivity index (χ1) is 8.27. The van der Waals surface area contributed by atoms with E-state index in [-0.39, 0.29) is 0 Å². The van der Waals surface area contributed by atoms with Gasteiger partial charge in [-0.15, -0.1) is 0 Å². The highest BCUT2D eigenvalue weighted by molar-refractivity contribution is 4.91. The Morgan fingerprint density at radius 2 is 2.35 bits per heavy atom. The zero-order chi connectivity index (χ0) is 12.5. The molecule has 0 saturated carbocycles. The first kappa shape index (κ1) is 14.2. The molecule has 0 saturated heterocycles. The molecule has 1 heterocycles. The molecule has 0 aliphatic carbocycles. The monoisotopic (exact) mass is 239 g/mol. The quantitative estimate of drug-likeness (QED) is 0.666. The molecule has 4 heteroatoms. The number of aromatic nitrogens is 2. The molecule has 1 N–H and O–H groups in total. The second-order valence-electron chi connectivity index (χ2n) is 4.46. The average molecular weight is 239 g/mol. The number of hydrogen-bond donors (Lipinski definition) is 1. The lowest BCUT2D eigenvalue weighted by Crippen LogP contribution is -2.26. The molecule has 0 aliphatic heterocycles. The van der Waals surface area contributed by atoms with Gasteiger partial charge in [-0.3, -0.25) is 0 Å². The van der Waals surface area contributed by atoms with Crippen molar-refractivity contribution in [3.05, 3.63) is 18.2 Å². The minimum absolute atomic E-state index is 0.726. The third kappa shape index (κ3) is 5.33. The largest absolute Gasteiger partial charge is 0.383 e. The fraction of sp³-hybridized carbons (Fsp3) is 0.769. The van der Waals surface area contributed by atoms with Crippen LogP contribution in [0.15, 0.2) is 12.4 Å². The molecular formula is C13H25N3O. The molecule has 17 heavy (non-hydrogen) atoms. The van der Waals surface area contributed by atoms with E-state index in [9.17, 15) is 0 Å². The van der Waals surface area contributed by atoms with E-state index in [2.05, 4.69) is 28.8 Å². The summed E-state index contributed by atoms with van der Waals surface area (Å²) in [4.78, 5) is 4.35. The molecule has 1 rings (SSSR count). The van der Waals surface area contributed by atoms with E-state index in [1.54, 1.807) is 7.11 Å². The van der Waals surface area contributed by atoms with Gasteiger partial charge in [0.2, 0.25) is 0 Å². The predicted octanol–water partition coefficient (Wildman–Crippen LogP) is 1.61. The maximum absolute atomic E-state index is 5.02. The van der Waals surface area contributed by atoms with Crippen LogP contribution in [0.5, 0.6) is 0 Å². The summed E-state index contributed by atoms with van der Waals surface area (Å²) in [6.45, 7) is 5.05. The first-order valence-electron chi connectivity index (χ1n) is 6.43. The smallest absolute Gasteiger partial charge is 0.108 e. The molecule has 0 aliphatic rings. The van der Waals surface area contributed by atoms with Crippen LogP contribution < -0.4 is 5.32 Å². The van der Waals surface area contributed by atoms with Crippen LogP contribution in [0.25, 0.3) is 0 Å². The molecule has 98 valence electrons. The maximum Gasteiger partial charge on any atom is 0.108 e. The fourth-order valence-electron chi connectivity index (χ4n) is 1.90. The van der Waals surface area contributed by atoms with E-state index in [0.717, 1.165) is 32.0 Å². The summed E-state index contributed by atoms with van der Waals surface area (Å²) in [6, 6.07) is 0. The Morgan fingerprint density at radius 3 is 2.94 bits per heavy atom. The summed E-state index contributed by atoms with van der Waals surface area (Å²) in [5.41, 5.74) is 0. The highest BCUT2D eigenvalue weighted by atomic mass is 16.5. The van der Waals surface area contributed by atoms with Gasteiger partial charge < -0.3 is 14.6 Å². The zero-order valence-corrected chi connectivity index (χ0v) is 11.3. The summed E-state index contributed by atoms with van der Waals surface area (Å²) in [6.07, 6.45) is 7.35. The van der Waals surface area contributed by atoms with Crippen molar-refractivity contribution in [2.45, 2.75) is 26.2 Å². The number of aryl methyl sites for hydroxylation is 2. The Balaban J connectivity index is 2.20. The SMILES string of the molecule is CCC(CCc1nccn1C)CNCCOC. The standard InChI is InChI=1S/C13H25N3O/c1-4-12(11-14-8-10-17-3)5-6-13-15-7-9-16(13)2/h7,9,12,14H,4-6,8,10-11H2,1-3H3. The molecule has 0 amide bonds. The summed E-state index contributed by atoms with van der Waals surface area (Å²) in [7, 11) is 3.79. The third-order valence-corrected chi connectivity index (χ3v) is 3.19. The highest BCUT2D eigenvalue weighted by Gasteiger charge is 2.08. The van der Waals surface area contributed by atoms with Crippen molar-refractivity contribution in [2.75, 3.05) is 26.8 Å². The van der Waals surface area contributed by atoms with E-state index in [1.807, 2.05) is 12.4 Å². The Morgan fingerprint density at radius 1 is 1.53 bits per heavy atom. The Bertz CT molecular complexity index is 299. The highest BCUT2D eigenvalue weighted by Crippen LogP contribution is 2.11. The number of methoxy groups -OCH3 is 1. The number of nitrogens with zero attached hydrogens (tertiary/aromatic N) is 2. The normalized spacial score (nSPS) is 12.9. The van der Waals surface area contributed by atoms with Crippen LogP contribution in [0.2, 0.25) is 0 Å². The lowest BCUT2D eigenvalue weighted by Gasteiger charge is -2.15. The zero-order valence-electron chi connectivity index (χ0n) is 11.3. The summed E-state index contributed by atoms with van der Waals surface area (Å²) in [5, 5.41) is 3.43. The molecule has 1 aromatic heterocycles. The molecular weight excluding hydrogens is 214 g/mol. The summed E-state index contributed by atoms with van der Waals surface area (Å²) < 4.78 is 7.12. The molecule has 1 atom stereocenters. The molecule has 0 radical (unpaired) electrons.